The van der Waals surface area contributed by atoms with Crippen LogP contribution in [0.3, 0.4) is 0 Å². The van der Waals surface area contributed by atoms with Crippen LogP contribution >= 0.6 is 11.6 Å². The summed E-state index contributed by atoms with van der Waals surface area (Å²) in [6.07, 6.45) is 0. The summed E-state index contributed by atoms with van der Waals surface area (Å²) in [5.74, 6) is -0.212. The van der Waals surface area contributed by atoms with E-state index < -0.39 is 22.1 Å². The van der Waals surface area contributed by atoms with Gasteiger partial charge in [0.1, 0.15) is 6.04 Å². The second kappa shape index (κ2) is 7.17. The van der Waals surface area contributed by atoms with Gasteiger partial charge in [-0.3, -0.25) is 4.79 Å². The number of Topliss-reactive ketones (excluding diaryl/α,β-unsaturated/α-hetero) is 1. The maximum absolute atomic E-state index is 13.3. The van der Waals surface area contributed by atoms with Crippen molar-refractivity contribution >= 4 is 27.4 Å². The molecule has 0 aromatic heterocycles. The van der Waals surface area contributed by atoms with Gasteiger partial charge in [-0.25, -0.2) is 8.42 Å². The maximum atomic E-state index is 13.3. The molecule has 4 rings (SSSR count). The number of nitrogens with zero attached hydrogens (tertiary/aromatic N) is 1. The Labute approximate surface area is 169 Å². The number of carbonyl (C=O) groups excluding carboxylic acids is 1. The summed E-state index contributed by atoms with van der Waals surface area (Å²) in [4.78, 5) is 13.2. The SMILES string of the molecule is Cc1ccc(S(=O)(=O)N2[C@@H](C(=O)c3ccccc3)[C@@H]2c2ccc(Cl)cc2)cc1. The van der Waals surface area contributed by atoms with E-state index in [1.807, 2.05) is 13.0 Å². The van der Waals surface area contributed by atoms with E-state index in [0.717, 1.165) is 11.1 Å². The normalized spacial score (nSPS) is 21.3. The fourth-order valence-electron chi connectivity index (χ4n) is 3.36. The summed E-state index contributed by atoms with van der Waals surface area (Å²) in [6, 6.07) is 21.1. The zero-order valence-corrected chi connectivity index (χ0v) is 16.7. The lowest BCUT2D eigenvalue weighted by molar-refractivity contribution is 0.0981. The van der Waals surface area contributed by atoms with Gasteiger partial charge in [0, 0.05) is 10.6 Å². The van der Waals surface area contributed by atoms with Crippen LogP contribution in [0, 0.1) is 6.92 Å². The molecule has 4 nitrogen and oxygen atoms in total. The molecular formula is C22H18ClNO3S. The van der Waals surface area contributed by atoms with Crippen LogP contribution in [0.5, 0.6) is 0 Å². The Morgan fingerprint density at radius 1 is 0.893 bits per heavy atom. The molecule has 0 amide bonds. The van der Waals surface area contributed by atoms with Crippen molar-refractivity contribution in [2.24, 2.45) is 0 Å². The minimum absolute atomic E-state index is 0.181. The second-order valence-electron chi connectivity index (χ2n) is 6.82. The summed E-state index contributed by atoms with van der Waals surface area (Å²) in [7, 11) is -3.81. The minimum atomic E-state index is -3.81. The first-order valence-electron chi connectivity index (χ1n) is 8.84. The Hall–Kier alpha value is -2.47. The summed E-state index contributed by atoms with van der Waals surface area (Å²) in [5, 5.41) is 0.559. The van der Waals surface area contributed by atoms with E-state index in [4.69, 9.17) is 11.6 Å². The Morgan fingerprint density at radius 3 is 2.11 bits per heavy atom. The topological polar surface area (TPSA) is 54.2 Å². The summed E-state index contributed by atoms with van der Waals surface area (Å²) >= 11 is 5.97. The van der Waals surface area contributed by atoms with Gasteiger partial charge >= 0.3 is 0 Å². The molecule has 6 heteroatoms. The van der Waals surface area contributed by atoms with E-state index >= 15 is 0 Å². The van der Waals surface area contributed by atoms with Crippen molar-refractivity contribution < 1.29 is 13.2 Å². The fourth-order valence-corrected chi connectivity index (χ4v) is 5.20. The van der Waals surface area contributed by atoms with E-state index in [9.17, 15) is 13.2 Å². The molecule has 3 aromatic rings. The number of rotatable bonds is 5. The Kier molecular flexibility index (Phi) is 4.83. The lowest BCUT2D eigenvalue weighted by Crippen LogP contribution is -2.19. The van der Waals surface area contributed by atoms with Crippen LogP contribution in [0.2, 0.25) is 5.02 Å². The van der Waals surface area contributed by atoms with Crippen molar-refractivity contribution in [2.75, 3.05) is 0 Å². The summed E-state index contributed by atoms with van der Waals surface area (Å²) in [6.45, 7) is 1.89. The lowest BCUT2D eigenvalue weighted by atomic mass is 10.0. The number of hydrogen-bond donors (Lipinski definition) is 0. The summed E-state index contributed by atoms with van der Waals surface area (Å²) in [5.41, 5.74) is 2.21. The molecule has 0 bridgehead atoms. The number of hydrogen-bond acceptors (Lipinski definition) is 3. The van der Waals surface area contributed by atoms with E-state index in [0.29, 0.717) is 10.6 Å². The molecule has 3 atom stereocenters. The zero-order valence-electron chi connectivity index (χ0n) is 15.1. The molecule has 28 heavy (non-hydrogen) atoms. The molecule has 0 N–H and O–H groups in total. The molecule has 1 fully saturated rings. The van der Waals surface area contributed by atoms with Gasteiger partial charge in [-0.15, -0.1) is 0 Å². The van der Waals surface area contributed by atoms with Gasteiger partial charge in [-0.1, -0.05) is 71.8 Å². The van der Waals surface area contributed by atoms with Crippen molar-refractivity contribution in [2.45, 2.75) is 23.9 Å². The Bertz CT molecular complexity index is 1110. The maximum Gasteiger partial charge on any atom is 0.244 e. The lowest BCUT2D eigenvalue weighted by Gasteiger charge is -2.07. The highest BCUT2D eigenvalue weighted by Gasteiger charge is 2.60. The van der Waals surface area contributed by atoms with Crippen LogP contribution in [0.15, 0.2) is 83.8 Å². The first kappa shape index (κ1) is 18.9. The molecule has 142 valence electrons. The molecule has 0 aliphatic carbocycles. The van der Waals surface area contributed by atoms with Crippen molar-refractivity contribution in [1.82, 2.24) is 4.31 Å². The molecule has 1 heterocycles. The zero-order chi connectivity index (χ0) is 19.9. The van der Waals surface area contributed by atoms with Gasteiger partial charge in [0.05, 0.1) is 10.9 Å². The number of carbonyl (C=O) groups is 1. The first-order valence-corrected chi connectivity index (χ1v) is 10.7. The smallest absolute Gasteiger partial charge is 0.244 e. The molecule has 0 spiro atoms. The van der Waals surface area contributed by atoms with E-state index in [-0.39, 0.29) is 10.7 Å². The fraction of sp³-hybridized carbons (Fsp3) is 0.136. The van der Waals surface area contributed by atoms with Gasteiger partial charge in [0.15, 0.2) is 5.78 Å². The monoisotopic (exact) mass is 411 g/mol. The van der Waals surface area contributed by atoms with Gasteiger partial charge in [-0.2, -0.15) is 4.31 Å². The molecular weight excluding hydrogens is 394 g/mol. The van der Waals surface area contributed by atoms with E-state index in [2.05, 4.69) is 0 Å². The number of halogens is 1. The van der Waals surface area contributed by atoms with Gasteiger partial charge in [0.25, 0.3) is 0 Å². The van der Waals surface area contributed by atoms with Crippen molar-refractivity contribution in [3.05, 3.63) is 101 Å². The predicted molar refractivity (Wildman–Crippen MR) is 109 cm³/mol. The molecule has 1 unspecified atom stereocenters. The largest absolute Gasteiger partial charge is 0.292 e. The quantitative estimate of drug-likeness (QED) is 0.453. The highest BCUT2D eigenvalue weighted by Crippen LogP contribution is 2.49. The van der Waals surface area contributed by atoms with Crippen molar-refractivity contribution in [1.29, 1.82) is 0 Å². The van der Waals surface area contributed by atoms with E-state index in [1.165, 1.54) is 4.31 Å². The third kappa shape index (κ3) is 3.37. The van der Waals surface area contributed by atoms with Crippen molar-refractivity contribution in [3.63, 3.8) is 0 Å². The van der Waals surface area contributed by atoms with Crippen LogP contribution in [0.25, 0.3) is 0 Å². The second-order valence-corrected chi connectivity index (χ2v) is 9.10. The molecule has 1 aliphatic rings. The van der Waals surface area contributed by atoms with Crippen LogP contribution in [0.4, 0.5) is 0 Å². The number of aryl methyl sites for hydroxylation is 1. The average molecular weight is 412 g/mol. The predicted octanol–water partition coefficient (Wildman–Crippen LogP) is 4.65. The number of benzene rings is 3. The van der Waals surface area contributed by atoms with Crippen LogP contribution < -0.4 is 0 Å². The van der Waals surface area contributed by atoms with Gasteiger partial charge in [-0.05, 0) is 36.8 Å². The highest BCUT2D eigenvalue weighted by molar-refractivity contribution is 7.89. The van der Waals surface area contributed by atoms with Gasteiger partial charge in [0.2, 0.25) is 10.0 Å². The average Bonchev–Trinajstić information content (AvgIpc) is 3.45. The first-order chi connectivity index (χ1) is 13.4. The van der Waals surface area contributed by atoms with Crippen LogP contribution in [0.1, 0.15) is 27.5 Å². The van der Waals surface area contributed by atoms with Crippen molar-refractivity contribution in [3.8, 4) is 0 Å². The Morgan fingerprint density at radius 2 is 1.50 bits per heavy atom. The number of ketones is 1. The van der Waals surface area contributed by atoms with Crippen LogP contribution in [-0.2, 0) is 10.0 Å². The molecule has 3 aromatic carbocycles. The standard InChI is InChI=1S/C22H18ClNO3S/c1-15-7-13-19(14-8-15)28(26,27)24-20(16-9-11-18(23)12-10-16)21(24)22(25)17-5-3-2-4-6-17/h2-14,20-21H,1H3/t20-,21+,24?/m0/s1. The molecule has 0 radical (unpaired) electrons. The Balaban J connectivity index is 1.75. The number of sulfonamides is 1. The summed E-state index contributed by atoms with van der Waals surface area (Å²) < 4.78 is 27.8. The van der Waals surface area contributed by atoms with E-state index in [1.54, 1.807) is 72.8 Å². The van der Waals surface area contributed by atoms with Gasteiger partial charge < -0.3 is 0 Å². The highest BCUT2D eigenvalue weighted by atomic mass is 35.5. The van der Waals surface area contributed by atoms with Crippen LogP contribution in [-0.4, -0.2) is 24.5 Å². The third-order valence-electron chi connectivity index (χ3n) is 4.89. The molecule has 0 saturated carbocycles. The molecule has 1 saturated heterocycles. The molecule has 1 aliphatic heterocycles. The minimum Gasteiger partial charge on any atom is -0.292 e. The third-order valence-corrected chi connectivity index (χ3v) is 7.02.